The highest BCUT2D eigenvalue weighted by Gasteiger charge is 2.14. The van der Waals surface area contributed by atoms with Gasteiger partial charge in [0.25, 0.3) is 0 Å². The SMILES string of the molecule is C#CCN(S)C(=O)Nc1ccc2ncc(Nc3cc(OC)c(OC)c(OC)c3)nc2n1. The molecular weight excluding hydrogens is 420 g/mol. The Morgan fingerprint density at radius 1 is 1.13 bits per heavy atom. The van der Waals surface area contributed by atoms with Gasteiger partial charge in [0.15, 0.2) is 23.0 Å². The number of aromatic nitrogens is 3. The molecule has 2 heterocycles. The lowest BCUT2D eigenvalue weighted by molar-refractivity contribution is 0.241. The van der Waals surface area contributed by atoms with Gasteiger partial charge in [-0.2, -0.15) is 0 Å². The normalized spacial score (nSPS) is 10.2. The van der Waals surface area contributed by atoms with E-state index in [1.807, 2.05) is 0 Å². The smallest absolute Gasteiger partial charge is 0.333 e. The van der Waals surface area contributed by atoms with Crippen LogP contribution in [-0.4, -0.2) is 53.2 Å². The standard InChI is InChI=1S/C20H20N6O4S/c1-5-8-26(31)20(27)25-16-7-6-13-19(23-16)24-17(11-21-13)22-12-9-14(28-2)18(30-4)15(10-12)29-3/h1,6-7,9-11,31H,8H2,2-4H3,(H2,22,23,24,25,27). The minimum atomic E-state index is -0.507. The largest absolute Gasteiger partial charge is 0.493 e. The summed E-state index contributed by atoms with van der Waals surface area (Å²) in [6, 6.07) is 6.28. The predicted molar refractivity (Wildman–Crippen MR) is 120 cm³/mol. The number of terminal acetylenes is 1. The lowest BCUT2D eigenvalue weighted by Crippen LogP contribution is -2.27. The minimum absolute atomic E-state index is 0.0468. The van der Waals surface area contributed by atoms with Gasteiger partial charge < -0.3 is 19.5 Å². The Labute approximate surface area is 184 Å². The van der Waals surface area contributed by atoms with Crippen molar-refractivity contribution in [3.8, 4) is 29.6 Å². The van der Waals surface area contributed by atoms with Crippen molar-refractivity contribution in [1.82, 2.24) is 19.3 Å². The molecule has 10 nitrogen and oxygen atoms in total. The lowest BCUT2D eigenvalue weighted by Gasteiger charge is -2.15. The van der Waals surface area contributed by atoms with E-state index in [1.54, 1.807) is 30.5 Å². The van der Waals surface area contributed by atoms with Gasteiger partial charge in [0.2, 0.25) is 5.75 Å². The monoisotopic (exact) mass is 440 g/mol. The topological polar surface area (TPSA) is 111 Å². The Kier molecular flexibility index (Phi) is 6.84. The van der Waals surface area contributed by atoms with E-state index in [0.29, 0.717) is 39.9 Å². The zero-order chi connectivity index (χ0) is 22.4. The highest BCUT2D eigenvalue weighted by atomic mass is 32.1. The number of urea groups is 1. The second kappa shape index (κ2) is 9.73. The number of methoxy groups -OCH3 is 3. The molecule has 0 spiro atoms. The van der Waals surface area contributed by atoms with Gasteiger partial charge in [-0.25, -0.2) is 19.7 Å². The van der Waals surface area contributed by atoms with E-state index >= 15 is 0 Å². The third kappa shape index (κ3) is 4.99. The van der Waals surface area contributed by atoms with Crippen LogP contribution in [0.3, 0.4) is 0 Å². The maximum Gasteiger partial charge on any atom is 0.333 e. The number of nitrogens with zero attached hydrogens (tertiary/aromatic N) is 4. The van der Waals surface area contributed by atoms with Crippen LogP contribution in [0.15, 0.2) is 30.5 Å². The van der Waals surface area contributed by atoms with Gasteiger partial charge in [0.1, 0.15) is 11.3 Å². The molecule has 0 saturated heterocycles. The molecular formula is C20H20N6O4S. The summed E-state index contributed by atoms with van der Waals surface area (Å²) < 4.78 is 17.1. The second-order valence-electron chi connectivity index (χ2n) is 6.03. The molecule has 0 atom stereocenters. The van der Waals surface area contributed by atoms with Crippen molar-refractivity contribution in [3.05, 3.63) is 30.5 Å². The lowest BCUT2D eigenvalue weighted by atomic mass is 10.2. The van der Waals surface area contributed by atoms with Gasteiger partial charge in [-0.1, -0.05) is 18.7 Å². The van der Waals surface area contributed by atoms with Crippen molar-refractivity contribution in [1.29, 1.82) is 0 Å². The van der Waals surface area contributed by atoms with E-state index < -0.39 is 6.03 Å². The maximum atomic E-state index is 12.0. The molecule has 11 heteroatoms. The number of pyridine rings is 1. The first-order valence-electron chi connectivity index (χ1n) is 8.90. The summed E-state index contributed by atoms with van der Waals surface area (Å²) >= 11 is 4.01. The number of ether oxygens (including phenoxy) is 3. The number of hydrogen-bond donors (Lipinski definition) is 3. The molecule has 0 radical (unpaired) electrons. The van der Waals surface area contributed by atoms with Crippen LogP contribution in [0.5, 0.6) is 17.2 Å². The summed E-state index contributed by atoms with van der Waals surface area (Å²) in [5.41, 5.74) is 1.53. The molecule has 31 heavy (non-hydrogen) atoms. The van der Waals surface area contributed by atoms with Crippen LogP contribution in [0.4, 0.5) is 22.1 Å². The van der Waals surface area contributed by atoms with E-state index in [-0.39, 0.29) is 12.4 Å². The fourth-order valence-corrected chi connectivity index (χ4v) is 2.79. The van der Waals surface area contributed by atoms with Gasteiger partial charge in [-0.15, -0.1) is 6.42 Å². The van der Waals surface area contributed by atoms with Crippen molar-refractivity contribution < 1.29 is 19.0 Å². The molecule has 3 aromatic rings. The van der Waals surface area contributed by atoms with Crippen molar-refractivity contribution >= 4 is 47.3 Å². The Bertz CT molecular complexity index is 1130. The summed E-state index contributed by atoms with van der Waals surface area (Å²) in [6.45, 7) is 0.0468. The molecule has 2 amide bonds. The molecule has 160 valence electrons. The van der Waals surface area contributed by atoms with Crippen LogP contribution in [0.2, 0.25) is 0 Å². The number of nitrogens with one attached hydrogen (secondary N) is 2. The zero-order valence-electron chi connectivity index (χ0n) is 17.0. The zero-order valence-corrected chi connectivity index (χ0v) is 17.9. The van der Waals surface area contributed by atoms with Crippen LogP contribution >= 0.6 is 12.8 Å². The van der Waals surface area contributed by atoms with Crippen molar-refractivity contribution in [2.75, 3.05) is 38.5 Å². The van der Waals surface area contributed by atoms with Gasteiger partial charge in [-0.3, -0.25) is 9.62 Å². The molecule has 0 aliphatic rings. The van der Waals surface area contributed by atoms with Gasteiger partial charge in [-0.05, 0) is 12.1 Å². The number of fused-ring (bicyclic) bond motifs is 1. The van der Waals surface area contributed by atoms with E-state index in [4.69, 9.17) is 20.6 Å². The molecule has 0 aliphatic carbocycles. The number of hydrogen-bond acceptors (Lipinski definition) is 9. The quantitative estimate of drug-likeness (QED) is 0.380. The number of amides is 2. The van der Waals surface area contributed by atoms with E-state index in [9.17, 15) is 4.79 Å². The van der Waals surface area contributed by atoms with Crippen molar-refractivity contribution in [3.63, 3.8) is 0 Å². The molecule has 3 rings (SSSR count). The minimum Gasteiger partial charge on any atom is -0.493 e. The maximum absolute atomic E-state index is 12.0. The Morgan fingerprint density at radius 3 is 2.42 bits per heavy atom. The number of anilines is 3. The van der Waals surface area contributed by atoms with Crippen LogP contribution in [0.1, 0.15) is 0 Å². The Morgan fingerprint density at radius 2 is 1.81 bits per heavy atom. The van der Waals surface area contributed by atoms with Crippen LogP contribution in [-0.2, 0) is 0 Å². The molecule has 2 N–H and O–H groups in total. The Hall–Kier alpha value is -3.91. The average molecular weight is 440 g/mol. The summed E-state index contributed by atoms with van der Waals surface area (Å²) in [7, 11) is 4.60. The first-order valence-corrected chi connectivity index (χ1v) is 9.30. The van der Waals surface area contributed by atoms with E-state index in [1.165, 1.54) is 21.3 Å². The van der Waals surface area contributed by atoms with Crippen molar-refractivity contribution in [2.24, 2.45) is 0 Å². The predicted octanol–water partition coefficient (Wildman–Crippen LogP) is 3.11. The number of carbonyl (C=O) groups is 1. The van der Waals surface area contributed by atoms with Crippen LogP contribution in [0, 0.1) is 12.3 Å². The first kappa shape index (κ1) is 21.8. The molecule has 0 unspecified atom stereocenters. The molecule has 0 aliphatic heterocycles. The van der Waals surface area contributed by atoms with Gasteiger partial charge in [0.05, 0.1) is 34.1 Å². The third-order valence-corrected chi connectivity index (χ3v) is 4.38. The highest BCUT2D eigenvalue weighted by Crippen LogP contribution is 2.40. The van der Waals surface area contributed by atoms with Crippen LogP contribution < -0.4 is 24.8 Å². The van der Waals surface area contributed by atoms with Gasteiger partial charge >= 0.3 is 6.03 Å². The highest BCUT2D eigenvalue weighted by molar-refractivity contribution is 7.78. The molecule has 0 saturated carbocycles. The molecule has 2 aromatic heterocycles. The summed E-state index contributed by atoms with van der Waals surface area (Å²) in [4.78, 5) is 25.2. The van der Waals surface area contributed by atoms with E-state index in [2.05, 4.69) is 44.3 Å². The fourth-order valence-electron chi connectivity index (χ4n) is 2.66. The number of rotatable bonds is 7. The fraction of sp³-hybridized carbons (Fsp3) is 0.200. The van der Waals surface area contributed by atoms with E-state index in [0.717, 1.165) is 4.31 Å². The van der Waals surface area contributed by atoms with Crippen LogP contribution in [0.25, 0.3) is 11.2 Å². The number of carbonyl (C=O) groups excluding carboxylic acids is 1. The summed E-state index contributed by atoms with van der Waals surface area (Å²) in [5, 5.41) is 5.73. The van der Waals surface area contributed by atoms with Crippen molar-refractivity contribution in [2.45, 2.75) is 0 Å². The molecule has 0 fully saturated rings. The first-order chi connectivity index (χ1) is 15.0. The number of benzene rings is 1. The second-order valence-corrected chi connectivity index (χ2v) is 6.51. The third-order valence-electron chi connectivity index (χ3n) is 4.05. The van der Waals surface area contributed by atoms with Gasteiger partial charge in [0, 0.05) is 17.8 Å². The summed E-state index contributed by atoms with van der Waals surface area (Å²) in [6.07, 6.45) is 6.75. The average Bonchev–Trinajstić information content (AvgIpc) is 2.78. The number of thiol groups is 1. The summed E-state index contributed by atoms with van der Waals surface area (Å²) in [5.74, 6) is 4.50. The Balaban J connectivity index is 1.87. The molecule has 0 bridgehead atoms. The molecule has 1 aromatic carbocycles.